The number of amides is 1. The van der Waals surface area contributed by atoms with Gasteiger partial charge in [-0.15, -0.1) is 0 Å². The van der Waals surface area contributed by atoms with Crippen LogP contribution in [-0.4, -0.2) is 56.5 Å². The normalized spacial score (nSPS) is 26.5. The van der Waals surface area contributed by atoms with Gasteiger partial charge >= 0.3 is 0 Å². The van der Waals surface area contributed by atoms with Crippen molar-refractivity contribution in [1.29, 1.82) is 0 Å². The first-order valence-electron chi connectivity index (χ1n) is 4.53. The second kappa shape index (κ2) is 4.04. The number of rotatable bonds is 1. The van der Waals surface area contributed by atoms with E-state index < -0.39 is 0 Å². The highest BCUT2D eigenvalue weighted by Gasteiger charge is 2.28. The molecule has 5 heteroatoms. The summed E-state index contributed by atoms with van der Waals surface area (Å²) in [7, 11) is 0. The Morgan fingerprint density at radius 2 is 2.00 bits per heavy atom. The molecule has 0 bridgehead atoms. The quantitative estimate of drug-likeness (QED) is 0.558. The third-order valence-corrected chi connectivity index (χ3v) is 2.31. The topological polar surface area (TPSA) is 50.8 Å². The number of ether oxygens (including phenoxy) is 2. The number of nitrogens with one attached hydrogen (secondary N) is 1. The van der Waals surface area contributed by atoms with E-state index in [0.29, 0.717) is 39.6 Å². The SMILES string of the molecule is O=C1CNCN1C1COCCOC1. The van der Waals surface area contributed by atoms with E-state index >= 15 is 0 Å². The fourth-order valence-electron chi connectivity index (χ4n) is 1.59. The second-order valence-corrected chi connectivity index (χ2v) is 3.25. The fourth-order valence-corrected chi connectivity index (χ4v) is 1.59. The van der Waals surface area contributed by atoms with E-state index in [-0.39, 0.29) is 11.9 Å². The zero-order valence-electron chi connectivity index (χ0n) is 7.49. The van der Waals surface area contributed by atoms with Crippen molar-refractivity contribution in [3.05, 3.63) is 0 Å². The zero-order valence-corrected chi connectivity index (χ0v) is 7.49. The molecule has 1 amide bonds. The van der Waals surface area contributed by atoms with Crippen LogP contribution < -0.4 is 5.32 Å². The molecule has 2 fully saturated rings. The Labute approximate surface area is 77.0 Å². The molecule has 2 saturated heterocycles. The lowest BCUT2D eigenvalue weighted by molar-refractivity contribution is -0.130. The zero-order chi connectivity index (χ0) is 9.10. The van der Waals surface area contributed by atoms with Crippen molar-refractivity contribution in [2.45, 2.75) is 6.04 Å². The minimum atomic E-state index is 0.0880. The van der Waals surface area contributed by atoms with Gasteiger partial charge in [0.25, 0.3) is 0 Å². The van der Waals surface area contributed by atoms with E-state index in [2.05, 4.69) is 5.32 Å². The van der Waals surface area contributed by atoms with Gasteiger partial charge in [0.05, 0.1) is 45.7 Å². The molecule has 0 aliphatic carbocycles. The molecule has 0 aromatic rings. The first-order chi connectivity index (χ1) is 6.38. The van der Waals surface area contributed by atoms with Crippen LogP contribution in [0.25, 0.3) is 0 Å². The second-order valence-electron chi connectivity index (χ2n) is 3.25. The first-order valence-corrected chi connectivity index (χ1v) is 4.53. The van der Waals surface area contributed by atoms with Gasteiger partial charge < -0.3 is 14.4 Å². The van der Waals surface area contributed by atoms with E-state index in [1.807, 2.05) is 0 Å². The van der Waals surface area contributed by atoms with Gasteiger partial charge in [-0.2, -0.15) is 0 Å². The Morgan fingerprint density at radius 1 is 1.31 bits per heavy atom. The summed E-state index contributed by atoms with van der Waals surface area (Å²) in [5.74, 6) is 0.138. The average molecular weight is 186 g/mol. The Balaban J connectivity index is 1.93. The molecule has 0 unspecified atom stereocenters. The third kappa shape index (κ3) is 1.99. The Morgan fingerprint density at radius 3 is 2.54 bits per heavy atom. The number of carbonyl (C=O) groups excluding carboxylic acids is 1. The van der Waals surface area contributed by atoms with E-state index in [9.17, 15) is 4.79 Å². The van der Waals surface area contributed by atoms with Crippen molar-refractivity contribution >= 4 is 5.91 Å². The van der Waals surface area contributed by atoms with Crippen molar-refractivity contribution in [2.24, 2.45) is 0 Å². The number of nitrogens with zero attached hydrogens (tertiary/aromatic N) is 1. The molecule has 0 radical (unpaired) electrons. The van der Waals surface area contributed by atoms with Crippen LogP contribution in [0.15, 0.2) is 0 Å². The smallest absolute Gasteiger partial charge is 0.238 e. The highest BCUT2D eigenvalue weighted by molar-refractivity contribution is 5.80. The van der Waals surface area contributed by atoms with Crippen LogP contribution in [-0.2, 0) is 14.3 Å². The standard InChI is InChI=1S/C8H14N2O3/c11-8-3-9-6-10(8)7-4-12-1-2-13-5-7/h7,9H,1-6H2. The maximum absolute atomic E-state index is 11.3. The Bertz CT molecular complexity index is 190. The van der Waals surface area contributed by atoms with Gasteiger partial charge in [-0.05, 0) is 0 Å². The van der Waals surface area contributed by atoms with Crippen LogP contribution >= 0.6 is 0 Å². The van der Waals surface area contributed by atoms with Gasteiger partial charge in [-0.25, -0.2) is 0 Å². The van der Waals surface area contributed by atoms with E-state index in [4.69, 9.17) is 9.47 Å². The molecule has 74 valence electrons. The van der Waals surface area contributed by atoms with E-state index in [1.54, 1.807) is 4.90 Å². The van der Waals surface area contributed by atoms with E-state index in [0.717, 1.165) is 0 Å². The van der Waals surface area contributed by atoms with Gasteiger partial charge in [0.1, 0.15) is 0 Å². The first kappa shape index (κ1) is 8.93. The molecule has 2 rings (SSSR count). The van der Waals surface area contributed by atoms with Gasteiger partial charge in [0.15, 0.2) is 0 Å². The molecule has 0 aromatic carbocycles. The minimum absolute atomic E-state index is 0.0880. The molecule has 2 aliphatic rings. The molecular weight excluding hydrogens is 172 g/mol. The summed E-state index contributed by atoms with van der Waals surface area (Å²) < 4.78 is 10.6. The summed E-state index contributed by atoms with van der Waals surface area (Å²) in [4.78, 5) is 13.1. The summed E-state index contributed by atoms with van der Waals surface area (Å²) >= 11 is 0. The highest BCUT2D eigenvalue weighted by atomic mass is 16.5. The third-order valence-electron chi connectivity index (χ3n) is 2.31. The van der Waals surface area contributed by atoms with Gasteiger partial charge in [0.2, 0.25) is 5.91 Å². The van der Waals surface area contributed by atoms with Gasteiger partial charge in [0, 0.05) is 0 Å². The van der Waals surface area contributed by atoms with Gasteiger partial charge in [-0.1, -0.05) is 0 Å². The lowest BCUT2D eigenvalue weighted by atomic mass is 10.3. The number of carbonyl (C=O) groups is 1. The monoisotopic (exact) mass is 186 g/mol. The summed E-state index contributed by atoms with van der Waals surface area (Å²) in [6, 6.07) is 0.0880. The molecule has 0 spiro atoms. The molecule has 0 aromatic heterocycles. The highest BCUT2D eigenvalue weighted by Crippen LogP contribution is 2.07. The molecule has 1 N–H and O–H groups in total. The number of hydrogen-bond donors (Lipinski definition) is 1. The van der Waals surface area contributed by atoms with Crippen molar-refractivity contribution < 1.29 is 14.3 Å². The van der Waals surface area contributed by atoms with Crippen LogP contribution in [0.1, 0.15) is 0 Å². The average Bonchev–Trinajstić information content (AvgIpc) is 2.43. The lowest BCUT2D eigenvalue weighted by Crippen LogP contribution is -2.42. The molecule has 13 heavy (non-hydrogen) atoms. The van der Waals surface area contributed by atoms with Crippen molar-refractivity contribution in [3.63, 3.8) is 0 Å². The van der Waals surface area contributed by atoms with Crippen molar-refractivity contribution in [3.8, 4) is 0 Å². The van der Waals surface area contributed by atoms with Crippen molar-refractivity contribution in [2.75, 3.05) is 39.6 Å². The van der Waals surface area contributed by atoms with Crippen LogP contribution in [0.5, 0.6) is 0 Å². The summed E-state index contributed by atoms with van der Waals surface area (Å²) in [5.41, 5.74) is 0. The maximum Gasteiger partial charge on any atom is 0.238 e. The summed E-state index contributed by atoms with van der Waals surface area (Å²) in [6.07, 6.45) is 0. The largest absolute Gasteiger partial charge is 0.377 e. The van der Waals surface area contributed by atoms with Crippen LogP contribution in [0.2, 0.25) is 0 Å². The van der Waals surface area contributed by atoms with Crippen LogP contribution in [0, 0.1) is 0 Å². The predicted octanol–water partition coefficient (Wildman–Crippen LogP) is -1.21. The number of hydrogen-bond acceptors (Lipinski definition) is 4. The van der Waals surface area contributed by atoms with Gasteiger partial charge in [-0.3, -0.25) is 10.1 Å². The van der Waals surface area contributed by atoms with Crippen LogP contribution in [0.3, 0.4) is 0 Å². The van der Waals surface area contributed by atoms with Crippen LogP contribution in [0.4, 0.5) is 0 Å². The minimum Gasteiger partial charge on any atom is -0.377 e. The summed E-state index contributed by atoms with van der Waals surface area (Å²) in [5, 5.41) is 3.01. The molecule has 2 aliphatic heterocycles. The molecule has 0 saturated carbocycles. The Kier molecular flexibility index (Phi) is 2.77. The predicted molar refractivity (Wildman–Crippen MR) is 45.1 cm³/mol. The van der Waals surface area contributed by atoms with E-state index in [1.165, 1.54) is 0 Å². The molecule has 5 nitrogen and oxygen atoms in total. The fraction of sp³-hybridized carbons (Fsp3) is 0.875. The lowest BCUT2D eigenvalue weighted by Gasteiger charge is -2.24. The Hall–Kier alpha value is -0.650. The molecular formula is C8H14N2O3. The molecule has 2 heterocycles. The summed E-state index contributed by atoms with van der Waals surface area (Å²) in [6.45, 7) is 3.51. The maximum atomic E-state index is 11.3. The van der Waals surface area contributed by atoms with Crippen molar-refractivity contribution in [1.82, 2.24) is 10.2 Å². The molecule has 0 atom stereocenters.